The number of nitrogens with one attached hydrogen (secondary N) is 1. The fourth-order valence-electron chi connectivity index (χ4n) is 4.03. The van der Waals surface area contributed by atoms with E-state index in [0.29, 0.717) is 30.3 Å². The molecule has 170 valence electrons. The number of carbonyl (C=O) groups is 1. The Balaban J connectivity index is 1.71. The first-order valence-electron chi connectivity index (χ1n) is 10.8. The molecule has 0 radical (unpaired) electrons. The predicted molar refractivity (Wildman–Crippen MR) is 123 cm³/mol. The summed E-state index contributed by atoms with van der Waals surface area (Å²) in [5.41, 5.74) is 2.66. The minimum absolute atomic E-state index is 0.100. The van der Waals surface area contributed by atoms with Gasteiger partial charge in [0, 0.05) is 18.5 Å². The number of carboxylic acid groups (broad SMARTS) is 1. The number of aromatic amines is 1. The summed E-state index contributed by atoms with van der Waals surface area (Å²) in [5, 5.41) is 34.7. The number of aromatic carboxylic acids is 1. The maximum atomic E-state index is 11.8. The van der Waals surface area contributed by atoms with Gasteiger partial charge in [0.2, 0.25) is 5.82 Å². The van der Waals surface area contributed by atoms with Gasteiger partial charge < -0.3 is 14.8 Å². The third-order valence-electron chi connectivity index (χ3n) is 5.42. The van der Waals surface area contributed by atoms with Gasteiger partial charge in [-0.15, -0.1) is 10.2 Å². The summed E-state index contributed by atoms with van der Waals surface area (Å²) in [7, 11) is 0. The van der Waals surface area contributed by atoms with Crippen molar-refractivity contribution in [3.05, 3.63) is 71.3 Å². The molecule has 0 atom stereocenters. The molecule has 0 unspecified atom stereocenters. The van der Waals surface area contributed by atoms with Crippen LogP contribution in [-0.2, 0) is 18.6 Å². The van der Waals surface area contributed by atoms with Gasteiger partial charge in [-0.25, -0.2) is 9.78 Å². The molecule has 0 aliphatic carbocycles. The van der Waals surface area contributed by atoms with Crippen LogP contribution in [0.25, 0.3) is 22.5 Å². The highest BCUT2D eigenvalue weighted by Gasteiger charge is 2.31. The van der Waals surface area contributed by atoms with Gasteiger partial charge in [-0.05, 0) is 42.2 Å². The number of H-pyrrole nitrogens is 1. The molecule has 0 saturated heterocycles. The number of aryl methyl sites for hydroxylation is 1. The number of hydrogen-bond acceptors (Lipinski definition) is 6. The third kappa shape index (κ3) is 4.54. The molecule has 0 aliphatic heterocycles. The van der Waals surface area contributed by atoms with Crippen LogP contribution in [0.15, 0.2) is 48.5 Å². The number of hydrogen-bond donors (Lipinski definition) is 3. The summed E-state index contributed by atoms with van der Waals surface area (Å²) >= 11 is 0. The van der Waals surface area contributed by atoms with E-state index in [0.717, 1.165) is 28.7 Å². The average Bonchev–Trinajstić information content (AvgIpc) is 3.43. The topological polar surface area (TPSA) is 130 Å². The van der Waals surface area contributed by atoms with Gasteiger partial charge in [0.05, 0.1) is 5.69 Å². The number of rotatable bonds is 8. The molecule has 0 spiro atoms. The summed E-state index contributed by atoms with van der Waals surface area (Å²) in [6.45, 7) is 5.59. The Labute approximate surface area is 191 Å². The molecule has 0 saturated carbocycles. The van der Waals surface area contributed by atoms with Gasteiger partial charge >= 0.3 is 5.97 Å². The van der Waals surface area contributed by atoms with E-state index >= 15 is 0 Å². The average molecular weight is 447 g/mol. The quantitative estimate of drug-likeness (QED) is 0.377. The summed E-state index contributed by atoms with van der Waals surface area (Å²) < 4.78 is 1.83. The van der Waals surface area contributed by atoms with E-state index in [2.05, 4.69) is 25.6 Å². The van der Waals surface area contributed by atoms with Crippen molar-refractivity contribution in [2.45, 2.75) is 45.8 Å². The molecule has 4 aromatic rings. The Kier molecular flexibility index (Phi) is 6.06. The molecule has 2 aromatic heterocycles. The highest BCUT2D eigenvalue weighted by atomic mass is 16.4. The molecule has 4 rings (SSSR count). The van der Waals surface area contributed by atoms with Gasteiger partial charge in [0.15, 0.2) is 5.69 Å². The van der Waals surface area contributed by atoms with E-state index in [-0.39, 0.29) is 5.69 Å². The predicted octanol–water partition coefficient (Wildman–Crippen LogP) is 3.66. The number of aliphatic hydroxyl groups is 1. The Morgan fingerprint density at radius 1 is 1.09 bits per heavy atom. The van der Waals surface area contributed by atoms with Crippen molar-refractivity contribution in [2.75, 3.05) is 0 Å². The highest BCUT2D eigenvalue weighted by molar-refractivity contribution is 5.87. The lowest BCUT2D eigenvalue weighted by molar-refractivity contribution is 0.0588. The second-order valence-electron chi connectivity index (χ2n) is 8.40. The van der Waals surface area contributed by atoms with Crippen molar-refractivity contribution in [3.8, 4) is 22.5 Å². The number of imidazole rings is 1. The fraction of sp³-hybridized carbons (Fsp3) is 0.292. The molecule has 3 N–H and O–H groups in total. The van der Waals surface area contributed by atoms with Gasteiger partial charge in [-0.2, -0.15) is 5.21 Å². The Morgan fingerprint density at radius 3 is 2.36 bits per heavy atom. The molecule has 0 fully saturated rings. The summed E-state index contributed by atoms with van der Waals surface area (Å²) in [6.07, 6.45) is 1.43. The zero-order valence-electron chi connectivity index (χ0n) is 18.8. The van der Waals surface area contributed by atoms with E-state index in [1.807, 2.05) is 60.0 Å². The maximum Gasteiger partial charge on any atom is 0.356 e. The van der Waals surface area contributed by atoms with Crippen LogP contribution in [-0.4, -0.2) is 46.4 Å². The smallest absolute Gasteiger partial charge is 0.356 e. The second kappa shape index (κ2) is 8.95. The van der Waals surface area contributed by atoms with E-state index < -0.39 is 11.6 Å². The molecule has 9 nitrogen and oxygen atoms in total. The van der Waals surface area contributed by atoms with Gasteiger partial charge in [-0.1, -0.05) is 55.5 Å². The van der Waals surface area contributed by atoms with Crippen molar-refractivity contribution in [1.82, 2.24) is 30.2 Å². The van der Waals surface area contributed by atoms with Crippen LogP contribution in [0.2, 0.25) is 0 Å². The maximum absolute atomic E-state index is 11.8. The SMILES string of the molecule is CCCc1nc(C(=O)O)c(C(C)(C)O)n1Cc1ccc(-c2ccccc2-c2nn[nH]n2)cc1. The van der Waals surface area contributed by atoms with Crippen LogP contribution in [0.4, 0.5) is 0 Å². The number of carboxylic acids is 1. The van der Waals surface area contributed by atoms with Gasteiger partial charge in [0.25, 0.3) is 0 Å². The van der Waals surface area contributed by atoms with E-state index in [9.17, 15) is 15.0 Å². The van der Waals surface area contributed by atoms with Crippen LogP contribution < -0.4 is 0 Å². The standard InChI is InChI=1S/C24H26N6O3/c1-4-7-19-25-20(23(31)32)21(24(2,3)33)30(19)14-15-10-12-16(13-11-15)17-8-5-6-9-18(17)22-26-28-29-27-22/h5-6,8-13,33H,4,7,14H2,1-3H3,(H,31,32)(H,26,27,28,29). The van der Waals surface area contributed by atoms with E-state index in [4.69, 9.17) is 0 Å². The van der Waals surface area contributed by atoms with E-state index in [1.54, 1.807) is 13.8 Å². The third-order valence-corrected chi connectivity index (χ3v) is 5.42. The molecule has 2 aromatic carbocycles. The lowest BCUT2D eigenvalue weighted by Gasteiger charge is -2.22. The van der Waals surface area contributed by atoms with Crippen LogP contribution in [0.1, 0.15) is 54.8 Å². The minimum Gasteiger partial charge on any atom is -0.476 e. The van der Waals surface area contributed by atoms with Crippen molar-refractivity contribution >= 4 is 5.97 Å². The van der Waals surface area contributed by atoms with Crippen LogP contribution in [0.5, 0.6) is 0 Å². The van der Waals surface area contributed by atoms with Crippen molar-refractivity contribution in [2.24, 2.45) is 0 Å². The molecule has 0 amide bonds. The summed E-state index contributed by atoms with van der Waals surface area (Å²) in [6, 6.07) is 15.8. The fourth-order valence-corrected chi connectivity index (χ4v) is 4.03. The van der Waals surface area contributed by atoms with Gasteiger partial charge in [-0.3, -0.25) is 0 Å². The first-order chi connectivity index (χ1) is 15.8. The highest BCUT2D eigenvalue weighted by Crippen LogP contribution is 2.31. The van der Waals surface area contributed by atoms with Gasteiger partial charge in [0.1, 0.15) is 11.4 Å². The van der Waals surface area contributed by atoms with Crippen molar-refractivity contribution in [1.29, 1.82) is 0 Å². The number of aromatic nitrogens is 6. The zero-order chi connectivity index (χ0) is 23.6. The zero-order valence-corrected chi connectivity index (χ0v) is 18.8. The van der Waals surface area contributed by atoms with Crippen molar-refractivity contribution in [3.63, 3.8) is 0 Å². The summed E-state index contributed by atoms with van der Waals surface area (Å²) in [4.78, 5) is 16.2. The molecule has 0 aliphatic rings. The molecular weight excluding hydrogens is 420 g/mol. The Morgan fingerprint density at radius 2 is 1.79 bits per heavy atom. The number of tetrazole rings is 1. The molecule has 9 heteroatoms. The van der Waals surface area contributed by atoms with E-state index in [1.165, 1.54) is 0 Å². The lowest BCUT2D eigenvalue weighted by atomic mass is 9.98. The number of benzene rings is 2. The second-order valence-corrected chi connectivity index (χ2v) is 8.40. The Bertz CT molecular complexity index is 1250. The largest absolute Gasteiger partial charge is 0.476 e. The lowest BCUT2D eigenvalue weighted by Crippen LogP contribution is -2.25. The molecule has 0 bridgehead atoms. The Hall–Kier alpha value is -3.85. The number of nitrogens with zero attached hydrogens (tertiary/aromatic N) is 5. The summed E-state index contributed by atoms with van der Waals surface area (Å²) in [5.74, 6) is 0.0310. The molecular formula is C24H26N6O3. The first-order valence-corrected chi connectivity index (χ1v) is 10.8. The monoisotopic (exact) mass is 446 g/mol. The van der Waals surface area contributed by atoms with Crippen LogP contribution in [0.3, 0.4) is 0 Å². The van der Waals surface area contributed by atoms with Crippen LogP contribution in [0, 0.1) is 0 Å². The normalized spacial score (nSPS) is 11.6. The van der Waals surface area contributed by atoms with Crippen molar-refractivity contribution < 1.29 is 15.0 Å². The molecule has 33 heavy (non-hydrogen) atoms. The first kappa shape index (κ1) is 22.3. The van der Waals surface area contributed by atoms with Crippen LogP contribution >= 0.6 is 0 Å². The minimum atomic E-state index is -1.35. The molecule has 2 heterocycles.